The molecule has 1 heteroatoms. The van der Waals surface area contributed by atoms with Gasteiger partial charge in [0.1, 0.15) is 0 Å². The lowest BCUT2D eigenvalue weighted by Crippen LogP contribution is -2.32. The third kappa shape index (κ3) is 6.20. The summed E-state index contributed by atoms with van der Waals surface area (Å²) in [6.07, 6.45) is 0. The molecule has 9 aromatic rings. The first-order valence-corrected chi connectivity index (χ1v) is 23.2. The average Bonchev–Trinajstić information content (AvgIpc) is 3.80. The van der Waals surface area contributed by atoms with E-state index in [0.717, 1.165) is 17.1 Å². The Morgan fingerprint density at radius 1 is 0.292 bits per heavy atom. The lowest BCUT2D eigenvalue weighted by Gasteiger charge is -2.38. The van der Waals surface area contributed by atoms with E-state index in [1.807, 2.05) is 0 Å². The summed E-state index contributed by atoms with van der Waals surface area (Å²) in [5, 5.41) is 0. The van der Waals surface area contributed by atoms with Crippen LogP contribution in [0.1, 0.15) is 97.2 Å². The van der Waals surface area contributed by atoms with E-state index in [-0.39, 0.29) is 10.8 Å². The molecule has 11 rings (SSSR count). The highest BCUT2D eigenvalue weighted by molar-refractivity contribution is 5.92. The van der Waals surface area contributed by atoms with Gasteiger partial charge in [-0.25, -0.2) is 0 Å². The van der Waals surface area contributed by atoms with E-state index >= 15 is 0 Å². The van der Waals surface area contributed by atoms with Crippen LogP contribution in [0.25, 0.3) is 22.3 Å². The predicted molar refractivity (Wildman–Crippen MR) is 273 cm³/mol. The Bertz CT molecular complexity index is 3220. The summed E-state index contributed by atoms with van der Waals surface area (Å²) in [5.41, 5.74) is 20.3. The van der Waals surface area contributed by atoms with Gasteiger partial charge in [0.25, 0.3) is 0 Å². The van der Waals surface area contributed by atoms with E-state index in [9.17, 15) is 0 Å². The molecule has 65 heavy (non-hydrogen) atoms. The van der Waals surface area contributed by atoms with Crippen molar-refractivity contribution in [1.82, 2.24) is 0 Å². The zero-order chi connectivity index (χ0) is 44.6. The predicted octanol–water partition coefficient (Wildman–Crippen LogP) is 16.5. The molecule has 2 aliphatic carbocycles. The van der Waals surface area contributed by atoms with Crippen molar-refractivity contribution in [3.63, 3.8) is 0 Å². The van der Waals surface area contributed by atoms with Gasteiger partial charge < -0.3 is 4.90 Å². The van der Waals surface area contributed by atoms with Crippen LogP contribution in [0.2, 0.25) is 0 Å². The van der Waals surface area contributed by atoms with E-state index in [0.29, 0.717) is 0 Å². The van der Waals surface area contributed by atoms with Crippen molar-refractivity contribution in [3.8, 4) is 22.3 Å². The van der Waals surface area contributed by atoms with Crippen molar-refractivity contribution >= 4 is 17.1 Å². The van der Waals surface area contributed by atoms with Crippen molar-refractivity contribution in [2.75, 3.05) is 4.90 Å². The molecule has 0 aliphatic heterocycles. The van der Waals surface area contributed by atoms with Gasteiger partial charge in [0.05, 0.1) is 10.8 Å². The monoisotopic (exact) mass is 837 g/mol. The Hall–Kier alpha value is -7.22. The smallest absolute Gasteiger partial charge is 0.0717 e. The molecule has 0 fully saturated rings. The van der Waals surface area contributed by atoms with Gasteiger partial charge in [-0.15, -0.1) is 0 Å². The highest BCUT2D eigenvalue weighted by atomic mass is 15.1. The van der Waals surface area contributed by atoms with Crippen LogP contribution in [0.5, 0.6) is 0 Å². The van der Waals surface area contributed by atoms with Crippen LogP contribution in [0.3, 0.4) is 0 Å². The van der Waals surface area contributed by atoms with Crippen LogP contribution in [0, 0.1) is 0 Å². The van der Waals surface area contributed by atoms with Crippen molar-refractivity contribution in [1.29, 1.82) is 0 Å². The molecule has 1 nitrogen and oxygen atoms in total. The summed E-state index contributed by atoms with van der Waals surface area (Å²) in [7, 11) is 0. The van der Waals surface area contributed by atoms with Crippen molar-refractivity contribution in [2.24, 2.45) is 0 Å². The zero-order valence-electron chi connectivity index (χ0n) is 38.3. The molecule has 2 aliphatic rings. The second kappa shape index (κ2) is 15.2. The van der Waals surface area contributed by atoms with Crippen LogP contribution in [0.4, 0.5) is 17.1 Å². The minimum Gasteiger partial charge on any atom is -0.310 e. The van der Waals surface area contributed by atoms with E-state index in [4.69, 9.17) is 0 Å². The minimum absolute atomic E-state index is 0.0175. The van der Waals surface area contributed by atoms with Crippen LogP contribution in [-0.2, 0) is 21.7 Å². The van der Waals surface area contributed by atoms with Crippen molar-refractivity contribution in [3.05, 3.63) is 280 Å². The summed E-state index contributed by atoms with van der Waals surface area (Å²) < 4.78 is 0. The van der Waals surface area contributed by atoms with Gasteiger partial charge in [-0.3, -0.25) is 0 Å². The van der Waals surface area contributed by atoms with E-state index in [1.54, 1.807) is 0 Å². The zero-order valence-corrected chi connectivity index (χ0v) is 38.3. The maximum Gasteiger partial charge on any atom is 0.0717 e. The molecule has 0 bridgehead atoms. The Balaban J connectivity index is 1.20. The fraction of sp³-hybridized carbons (Fsp3) is 0.156. The first-order chi connectivity index (χ1) is 31.5. The molecule has 9 aromatic carbocycles. The molecule has 2 atom stereocenters. The number of para-hydroxylation sites is 1. The molecule has 0 spiro atoms. The van der Waals surface area contributed by atoms with Gasteiger partial charge in [0.15, 0.2) is 0 Å². The lowest BCUT2D eigenvalue weighted by molar-refractivity contribution is 0.571. The van der Waals surface area contributed by atoms with Gasteiger partial charge in [0, 0.05) is 17.1 Å². The Kier molecular flexibility index (Phi) is 9.49. The fourth-order valence-corrected chi connectivity index (χ4v) is 11.4. The molecular formula is C64H55N. The van der Waals surface area contributed by atoms with Crippen LogP contribution in [0.15, 0.2) is 224 Å². The Morgan fingerprint density at radius 2 is 0.723 bits per heavy atom. The van der Waals surface area contributed by atoms with Crippen molar-refractivity contribution < 1.29 is 0 Å². The van der Waals surface area contributed by atoms with E-state index < -0.39 is 10.8 Å². The lowest BCUT2D eigenvalue weighted by atomic mass is 9.64. The molecule has 0 N–H and O–H groups in total. The van der Waals surface area contributed by atoms with E-state index in [1.165, 1.54) is 77.9 Å². The second-order valence-corrected chi connectivity index (χ2v) is 20.1. The number of nitrogens with zero attached hydrogens (tertiary/aromatic N) is 1. The molecule has 316 valence electrons. The number of hydrogen-bond donors (Lipinski definition) is 0. The summed E-state index contributed by atoms with van der Waals surface area (Å²) >= 11 is 0. The average molecular weight is 838 g/mol. The largest absolute Gasteiger partial charge is 0.310 e. The van der Waals surface area contributed by atoms with Crippen molar-refractivity contribution in [2.45, 2.75) is 63.2 Å². The second-order valence-electron chi connectivity index (χ2n) is 20.1. The standard InChI is InChI=1S/C64H55N/c1-61(2,3)46-27-22-28-47(41-46)63(44-23-10-7-11-24-44)55-33-18-16-31-51(55)53-39-37-49(42-59(53)63)65(48-29-14-9-15-30-48)50-38-40-54-52-32-17-19-34-56(52)64(60(54)43-50,45-25-12-8-13-26-45)58-36-21-20-35-57(58)62(4,5)6/h7-43H,1-6H3. The Morgan fingerprint density at radius 3 is 1.28 bits per heavy atom. The molecule has 0 saturated carbocycles. The first-order valence-electron chi connectivity index (χ1n) is 23.2. The van der Waals surface area contributed by atoms with Crippen LogP contribution in [-0.4, -0.2) is 0 Å². The molecular weight excluding hydrogens is 783 g/mol. The Labute approximate surface area is 385 Å². The fourth-order valence-electron chi connectivity index (χ4n) is 11.4. The van der Waals surface area contributed by atoms with Gasteiger partial charge in [0.2, 0.25) is 0 Å². The summed E-state index contributed by atoms with van der Waals surface area (Å²) in [5.74, 6) is 0. The molecule has 0 saturated heterocycles. The van der Waals surface area contributed by atoms with Gasteiger partial charge in [-0.2, -0.15) is 0 Å². The first kappa shape index (κ1) is 40.5. The summed E-state index contributed by atoms with van der Waals surface area (Å²) in [6, 6.07) is 84.6. The molecule has 0 heterocycles. The molecule has 2 unspecified atom stereocenters. The molecule has 0 aromatic heterocycles. The number of benzene rings is 9. The maximum absolute atomic E-state index is 2.51. The maximum atomic E-state index is 2.51. The minimum atomic E-state index is -0.560. The van der Waals surface area contributed by atoms with Gasteiger partial charge in [-0.1, -0.05) is 230 Å². The number of fused-ring (bicyclic) bond motifs is 6. The molecule has 0 radical (unpaired) electrons. The third-order valence-electron chi connectivity index (χ3n) is 14.3. The highest BCUT2D eigenvalue weighted by Crippen LogP contribution is 2.60. The number of rotatable bonds is 7. The van der Waals surface area contributed by atoms with Gasteiger partial charge >= 0.3 is 0 Å². The summed E-state index contributed by atoms with van der Waals surface area (Å²) in [4.78, 5) is 2.49. The normalized spacial score (nSPS) is 17.2. The highest BCUT2D eigenvalue weighted by Gasteiger charge is 2.49. The van der Waals surface area contributed by atoms with Gasteiger partial charge in [-0.05, 0) is 125 Å². The SMILES string of the molecule is CC(C)(C)c1cccc(C2(c3ccccc3)c3ccccc3-c3ccc(N(c4ccccc4)c4ccc5c(c4)C(c4ccccc4)(c4ccccc4C(C)(C)C)c4ccccc4-5)cc32)c1. The third-order valence-corrected chi connectivity index (χ3v) is 14.3. The quantitative estimate of drug-likeness (QED) is 0.155. The van der Waals surface area contributed by atoms with Crippen LogP contribution < -0.4 is 4.90 Å². The number of anilines is 3. The topological polar surface area (TPSA) is 3.24 Å². The van der Waals surface area contributed by atoms with Crippen LogP contribution >= 0.6 is 0 Å². The van der Waals surface area contributed by atoms with E-state index in [2.05, 4.69) is 271 Å². The summed E-state index contributed by atoms with van der Waals surface area (Å²) in [6.45, 7) is 14.0. The molecule has 0 amide bonds. The number of hydrogen-bond acceptors (Lipinski definition) is 1.